The molecule has 1 fully saturated rings. The van der Waals surface area contributed by atoms with Gasteiger partial charge in [0.15, 0.2) is 6.29 Å². The Kier molecular flexibility index (Phi) is 30.8. The number of aliphatic hydroxyl groups excluding tert-OH is 5. The lowest BCUT2D eigenvalue weighted by molar-refractivity contribution is -0.272. The van der Waals surface area contributed by atoms with Crippen LogP contribution in [0.3, 0.4) is 0 Å². The lowest BCUT2D eigenvalue weighted by Crippen LogP contribution is -2.65. The summed E-state index contributed by atoms with van der Waals surface area (Å²) >= 11 is 0. The van der Waals surface area contributed by atoms with Crippen molar-refractivity contribution in [2.75, 3.05) is 13.2 Å². The van der Waals surface area contributed by atoms with Crippen molar-refractivity contribution in [2.24, 2.45) is 0 Å². The molecule has 0 aromatic carbocycles. The number of amides is 2. The Labute approximate surface area is 322 Å². The Hall–Kier alpha value is -1.34. The van der Waals surface area contributed by atoms with Crippen molar-refractivity contribution in [3.05, 3.63) is 0 Å². The molecular weight excluding hydrogens is 676 g/mol. The van der Waals surface area contributed by atoms with Gasteiger partial charge in [0.1, 0.15) is 30.5 Å². The third kappa shape index (κ3) is 24.0. The van der Waals surface area contributed by atoms with Gasteiger partial charge in [-0.25, -0.2) is 0 Å². The van der Waals surface area contributed by atoms with Crippen LogP contribution in [0.25, 0.3) is 0 Å². The fourth-order valence-electron chi connectivity index (χ4n) is 7.25. The van der Waals surface area contributed by atoms with Gasteiger partial charge in [-0.1, -0.05) is 168 Å². The first kappa shape index (κ1) is 49.7. The second-order valence-corrected chi connectivity index (χ2v) is 15.7. The highest BCUT2D eigenvalue weighted by Crippen LogP contribution is 2.23. The maximum Gasteiger partial charge on any atom is 0.220 e. The van der Waals surface area contributed by atoms with Crippen LogP contribution in [0, 0.1) is 0 Å². The highest BCUT2D eigenvalue weighted by Gasteiger charge is 2.46. The summed E-state index contributed by atoms with van der Waals surface area (Å²) in [6, 6.07) is -2.15. The number of hydrogen-bond acceptors (Lipinski definition) is 9. The number of unbranched alkanes of at least 4 members (excludes halogenated alkanes) is 23. The van der Waals surface area contributed by atoms with Crippen LogP contribution < -0.4 is 10.6 Å². The highest BCUT2D eigenvalue weighted by molar-refractivity contribution is 5.76. The molecule has 1 aliphatic rings. The van der Waals surface area contributed by atoms with Crippen molar-refractivity contribution in [1.82, 2.24) is 10.6 Å². The smallest absolute Gasteiger partial charge is 0.220 e. The Bertz CT molecular complexity index is 882. The Morgan fingerprint density at radius 2 is 1.09 bits per heavy atom. The number of rotatable bonds is 35. The summed E-state index contributed by atoms with van der Waals surface area (Å²) in [5.41, 5.74) is 0. The third-order valence-corrected chi connectivity index (χ3v) is 10.7. The second kappa shape index (κ2) is 32.9. The van der Waals surface area contributed by atoms with Crippen LogP contribution in [0.4, 0.5) is 0 Å². The first-order chi connectivity index (χ1) is 25.7. The first-order valence-corrected chi connectivity index (χ1v) is 21.8. The highest BCUT2D eigenvalue weighted by atomic mass is 16.7. The van der Waals surface area contributed by atoms with Crippen molar-refractivity contribution >= 4 is 11.8 Å². The van der Waals surface area contributed by atoms with Crippen molar-refractivity contribution in [2.45, 2.75) is 243 Å². The predicted octanol–water partition coefficient (Wildman–Crippen LogP) is 6.73. The summed E-state index contributed by atoms with van der Waals surface area (Å²) in [4.78, 5) is 24.9. The van der Waals surface area contributed by atoms with Gasteiger partial charge in [-0.2, -0.15) is 0 Å². The number of ether oxygens (including phenoxy) is 2. The van der Waals surface area contributed by atoms with E-state index in [4.69, 9.17) is 9.47 Å². The Balaban J connectivity index is 2.60. The Morgan fingerprint density at radius 3 is 1.53 bits per heavy atom. The minimum atomic E-state index is -1.49. The fourth-order valence-corrected chi connectivity index (χ4v) is 7.25. The molecule has 1 rings (SSSR count). The molecule has 0 saturated carbocycles. The topological polar surface area (TPSA) is 178 Å². The molecule has 0 aromatic heterocycles. The van der Waals surface area contributed by atoms with E-state index in [0.717, 1.165) is 44.9 Å². The molecule has 0 radical (unpaired) electrons. The van der Waals surface area contributed by atoms with E-state index < -0.39 is 61.4 Å². The van der Waals surface area contributed by atoms with Crippen LogP contribution in [-0.2, 0) is 19.1 Å². The molecule has 0 unspecified atom stereocenters. The summed E-state index contributed by atoms with van der Waals surface area (Å²) in [5, 5.41) is 58.3. The molecule has 53 heavy (non-hydrogen) atoms. The molecule has 314 valence electrons. The molecule has 2 amide bonds. The molecule has 7 N–H and O–H groups in total. The SMILES string of the molecule is CCCCCCCCCCCCCCCC(=O)N[C@@H](CO[C@@H]1O[C@H](CO)[C@@H](O)[C@H](O)[C@H]1NC(C)=O)[C@H](O)[C@H](O)CCCCCCCCCCCCCC. The van der Waals surface area contributed by atoms with Crippen molar-refractivity contribution in [1.29, 1.82) is 0 Å². The van der Waals surface area contributed by atoms with E-state index in [1.54, 1.807) is 0 Å². The molecule has 1 aliphatic heterocycles. The van der Waals surface area contributed by atoms with E-state index in [9.17, 15) is 35.1 Å². The quantitative estimate of drug-likeness (QED) is 0.0346. The number of carbonyl (C=O) groups excluding carboxylic acids is 2. The number of carbonyl (C=O) groups is 2. The number of aliphatic hydroxyl groups is 5. The van der Waals surface area contributed by atoms with E-state index in [1.165, 1.54) is 116 Å². The van der Waals surface area contributed by atoms with Gasteiger partial charge in [0.05, 0.1) is 25.4 Å². The van der Waals surface area contributed by atoms with Crippen LogP contribution in [0.5, 0.6) is 0 Å². The van der Waals surface area contributed by atoms with Gasteiger partial charge in [0.25, 0.3) is 0 Å². The van der Waals surface area contributed by atoms with Gasteiger partial charge in [0.2, 0.25) is 11.8 Å². The second-order valence-electron chi connectivity index (χ2n) is 15.7. The summed E-state index contributed by atoms with van der Waals surface area (Å²) < 4.78 is 11.6. The molecule has 1 saturated heterocycles. The van der Waals surface area contributed by atoms with Crippen molar-refractivity contribution in [3.63, 3.8) is 0 Å². The van der Waals surface area contributed by atoms with Crippen LogP contribution in [0.2, 0.25) is 0 Å². The number of nitrogens with one attached hydrogen (secondary N) is 2. The molecular formula is C42H82N2O9. The van der Waals surface area contributed by atoms with Crippen LogP contribution in [-0.4, -0.2) is 99.5 Å². The fraction of sp³-hybridized carbons (Fsp3) is 0.952. The third-order valence-electron chi connectivity index (χ3n) is 10.7. The lowest BCUT2D eigenvalue weighted by atomic mass is 9.96. The van der Waals surface area contributed by atoms with Crippen LogP contribution in [0.1, 0.15) is 194 Å². The molecule has 0 aliphatic carbocycles. The summed E-state index contributed by atoms with van der Waals surface area (Å²) in [7, 11) is 0. The number of hydrogen-bond donors (Lipinski definition) is 7. The minimum absolute atomic E-state index is 0.259. The zero-order valence-corrected chi connectivity index (χ0v) is 34.0. The van der Waals surface area contributed by atoms with E-state index in [0.29, 0.717) is 12.8 Å². The average Bonchev–Trinajstić information content (AvgIpc) is 3.14. The van der Waals surface area contributed by atoms with Crippen LogP contribution >= 0.6 is 0 Å². The molecule has 0 spiro atoms. The Morgan fingerprint density at radius 1 is 0.660 bits per heavy atom. The van der Waals surface area contributed by atoms with Gasteiger partial charge in [0, 0.05) is 13.3 Å². The normalized spacial score (nSPS) is 22.0. The van der Waals surface area contributed by atoms with Crippen LogP contribution in [0.15, 0.2) is 0 Å². The summed E-state index contributed by atoms with van der Waals surface area (Å²) in [6.07, 6.45) is 22.7. The largest absolute Gasteiger partial charge is 0.394 e. The molecule has 0 bridgehead atoms. The van der Waals surface area contributed by atoms with Crippen molar-refractivity contribution < 1.29 is 44.6 Å². The maximum atomic E-state index is 13.1. The van der Waals surface area contributed by atoms with E-state index in [1.807, 2.05) is 0 Å². The molecule has 11 heteroatoms. The maximum absolute atomic E-state index is 13.1. The van der Waals surface area contributed by atoms with Gasteiger partial charge in [-0.15, -0.1) is 0 Å². The minimum Gasteiger partial charge on any atom is -0.394 e. The van der Waals surface area contributed by atoms with Gasteiger partial charge in [-0.05, 0) is 12.8 Å². The lowest BCUT2D eigenvalue weighted by Gasteiger charge is -2.42. The molecule has 11 nitrogen and oxygen atoms in total. The van der Waals surface area contributed by atoms with E-state index in [2.05, 4.69) is 24.5 Å². The van der Waals surface area contributed by atoms with Gasteiger partial charge in [-0.3, -0.25) is 9.59 Å². The van der Waals surface area contributed by atoms with Gasteiger partial charge >= 0.3 is 0 Å². The summed E-state index contributed by atoms with van der Waals surface area (Å²) in [6.45, 7) is 4.85. The molecule has 1 heterocycles. The standard InChI is InChI=1S/C42H82N2O9/c1-4-6-8-10-12-14-16-18-20-22-24-26-28-30-37(48)44-34(32-52-42-38(43-33(3)46)41(51)40(50)36(31-45)53-42)39(49)35(47)29-27-25-23-21-19-17-15-13-11-9-7-5-2/h34-36,38-42,45,47,49-51H,4-32H2,1-3H3,(H,43,46)(H,44,48)/t34-,35+,36+,38+,39-,40+,41+,42+/m0/s1. The predicted molar refractivity (Wildman–Crippen MR) is 211 cm³/mol. The zero-order chi connectivity index (χ0) is 39.1. The van der Waals surface area contributed by atoms with E-state index in [-0.39, 0.29) is 18.9 Å². The van der Waals surface area contributed by atoms with E-state index >= 15 is 0 Å². The zero-order valence-electron chi connectivity index (χ0n) is 34.0. The van der Waals surface area contributed by atoms with Gasteiger partial charge < -0.3 is 45.6 Å². The average molecular weight is 759 g/mol. The molecule has 0 aromatic rings. The van der Waals surface area contributed by atoms with Crippen molar-refractivity contribution in [3.8, 4) is 0 Å². The monoisotopic (exact) mass is 759 g/mol. The summed E-state index contributed by atoms with van der Waals surface area (Å²) in [5.74, 6) is -0.744. The first-order valence-electron chi connectivity index (χ1n) is 21.8. The molecule has 8 atom stereocenters.